The first kappa shape index (κ1) is 27.2. The number of anilines is 3. The van der Waals surface area contributed by atoms with E-state index in [0.29, 0.717) is 61.8 Å². The standard InChI is InChI=1S/C25H37N7O4S/c1-2-3-11-27-25-29-18-22(23(31-25)28-17-19-5-4-10-26-16-19)24(33)30-20-6-8-21(9-7-20)37(34,35)32-12-14-36-15-13-32/h6-9,18-19,26H,2-5,10-17H2,1H3,(H,30,33)(H2,27,28,29,31)/t19-/m0/s1. The van der Waals surface area contributed by atoms with Crippen LogP contribution >= 0.6 is 0 Å². The van der Waals surface area contributed by atoms with Gasteiger partial charge in [-0.2, -0.15) is 9.29 Å². The SMILES string of the molecule is CCCCNc1ncc(C(=O)Nc2ccc(S(=O)(=O)N3CCOCC3)cc2)c(NC[C@H]2CCCNC2)n1. The molecule has 4 N–H and O–H groups in total. The number of carbonyl (C=O) groups excluding carboxylic acids is 1. The molecule has 2 aliphatic rings. The molecule has 11 nitrogen and oxygen atoms in total. The van der Waals surface area contributed by atoms with Gasteiger partial charge in [-0.3, -0.25) is 4.79 Å². The van der Waals surface area contributed by atoms with E-state index in [1.807, 2.05) is 0 Å². The smallest absolute Gasteiger partial charge is 0.260 e. The Morgan fingerprint density at radius 3 is 2.68 bits per heavy atom. The molecule has 2 aliphatic heterocycles. The molecular formula is C25H37N7O4S. The van der Waals surface area contributed by atoms with E-state index in [9.17, 15) is 13.2 Å². The van der Waals surface area contributed by atoms with Crippen LogP contribution in [0.3, 0.4) is 0 Å². The van der Waals surface area contributed by atoms with Crippen molar-refractivity contribution in [3.8, 4) is 0 Å². The van der Waals surface area contributed by atoms with Gasteiger partial charge in [0.1, 0.15) is 11.4 Å². The fourth-order valence-electron chi connectivity index (χ4n) is 4.33. The maximum absolute atomic E-state index is 13.2. The first-order valence-corrected chi connectivity index (χ1v) is 14.5. The van der Waals surface area contributed by atoms with E-state index in [0.717, 1.165) is 45.3 Å². The molecule has 0 saturated carbocycles. The van der Waals surface area contributed by atoms with E-state index in [-0.39, 0.29) is 10.8 Å². The number of sulfonamides is 1. The Morgan fingerprint density at radius 1 is 1.19 bits per heavy atom. The molecule has 2 fully saturated rings. The lowest BCUT2D eigenvalue weighted by Gasteiger charge is -2.26. The van der Waals surface area contributed by atoms with Crippen molar-refractivity contribution >= 4 is 33.4 Å². The number of amides is 1. The molecule has 1 aromatic carbocycles. The lowest BCUT2D eigenvalue weighted by atomic mass is 10.00. The average molecular weight is 532 g/mol. The van der Waals surface area contributed by atoms with Crippen LogP contribution in [-0.4, -0.2) is 81.1 Å². The Hall–Kier alpha value is -2.80. The molecule has 202 valence electrons. The molecule has 12 heteroatoms. The summed E-state index contributed by atoms with van der Waals surface area (Å²) >= 11 is 0. The van der Waals surface area contributed by atoms with E-state index in [1.54, 1.807) is 12.1 Å². The van der Waals surface area contributed by atoms with Crippen molar-refractivity contribution in [2.45, 2.75) is 37.5 Å². The predicted molar refractivity (Wildman–Crippen MR) is 143 cm³/mol. The van der Waals surface area contributed by atoms with Gasteiger partial charge in [0, 0.05) is 38.1 Å². The van der Waals surface area contributed by atoms with Crippen LogP contribution in [0.4, 0.5) is 17.5 Å². The first-order valence-electron chi connectivity index (χ1n) is 13.0. The highest BCUT2D eigenvalue weighted by molar-refractivity contribution is 7.89. The minimum Gasteiger partial charge on any atom is -0.379 e. The number of aromatic nitrogens is 2. The third-order valence-corrected chi connectivity index (χ3v) is 8.44. The zero-order valence-corrected chi connectivity index (χ0v) is 22.1. The summed E-state index contributed by atoms with van der Waals surface area (Å²) in [6.07, 6.45) is 5.83. The molecule has 4 rings (SSSR count). The van der Waals surface area contributed by atoms with Gasteiger partial charge < -0.3 is 26.0 Å². The molecule has 3 heterocycles. The average Bonchev–Trinajstić information content (AvgIpc) is 2.93. The number of piperidine rings is 1. The van der Waals surface area contributed by atoms with Crippen LogP contribution in [0.2, 0.25) is 0 Å². The van der Waals surface area contributed by atoms with Gasteiger partial charge in [-0.25, -0.2) is 13.4 Å². The summed E-state index contributed by atoms with van der Waals surface area (Å²) in [5, 5.41) is 12.8. The normalized spacial score (nSPS) is 18.8. The monoisotopic (exact) mass is 531 g/mol. The van der Waals surface area contributed by atoms with E-state index >= 15 is 0 Å². The summed E-state index contributed by atoms with van der Waals surface area (Å²) in [7, 11) is -3.60. The largest absolute Gasteiger partial charge is 0.379 e. The van der Waals surface area contributed by atoms with E-state index in [2.05, 4.69) is 38.2 Å². The van der Waals surface area contributed by atoms with Crippen molar-refractivity contribution in [3.63, 3.8) is 0 Å². The topological polar surface area (TPSA) is 138 Å². The summed E-state index contributed by atoms with van der Waals surface area (Å²) in [4.78, 5) is 22.3. The summed E-state index contributed by atoms with van der Waals surface area (Å²) < 4.78 is 32.4. The summed E-state index contributed by atoms with van der Waals surface area (Å²) in [5.74, 6) is 1.04. The van der Waals surface area contributed by atoms with Crippen LogP contribution in [0.25, 0.3) is 0 Å². The van der Waals surface area contributed by atoms with Gasteiger partial charge in [-0.1, -0.05) is 13.3 Å². The second-order valence-corrected chi connectivity index (χ2v) is 11.3. The number of ether oxygens (including phenoxy) is 1. The first-order chi connectivity index (χ1) is 18.0. The third kappa shape index (κ3) is 7.37. The number of carbonyl (C=O) groups is 1. The molecule has 1 atom stereocenters. The highest BCUT2D eigenvalue weighted by atomic mass is 32.2. The third-order valence-electron chi connectivity index (χ3n) is 6.52. The fourth-order valence-corrected chi connectivity index (χ4v) is 5.74. The van der Waals surface area contributed by atoms with E-state index in [4.69, 9.17) is 4.74 Å². The zero-order valence-electron chi connectivity index (χ0n) is 21.3. The Kier molecular flexibility index (Phi) is 9.67. The number of unbranched alkanes of at least 4 members (excludes halogenated alkanes) is 1. The van der Waals surface area contributed by atoms with Crippen molar-refractivity contribution in [1.29, 1.82) is 0 Å². The van der Waals surface area contributed by atoms with Crippen molar-refractivity contribution in [2.75, 3.05) is 68.4 Å². The van der Waals surface area contributed by atoms with Crippen LogP contribution in [0.15, 0.2) is 35.4 Å². The molecule has 2 aromatic rings. The quantitative estimate of drug-likeness (QED) is 0.322. The number of nitrogens with zero attached hydrogens (tertiary/aromatic N) is 3. The van der Waals surface area contributed by atoms with Gasteiger partial charge in [-0.15, -0.1) is 0 Å². The number of nitrogens with one attached hydrogen (secondary N) is 4. The minimum atomic E-state index is -3.60. The molecule has 0 bridgehead atoms. The Labute approximate surface area is 218 Å². The molecule has 0 radical (unpaired) electrons. The molecule has 0 unspecified atom stereocenters. The molecule has 37 heavy (non-hydrogen) atoms. The van der Waals surface area contributed by atoms with Gasteiger partial charge in [0.15, 0.2) is 0 Å². The van der Waals surface area contributed by atoms with Gasteiger partial charge in [0.2, 0.25) is 16.0 Å². The molecular weight excluding hydrogens is 494 g/mol. The van der Waals surface area contributed by atoms with Crippen LogP contribution < -0.4 is 21.3 Å². The summed E-state index contributed by atoms with van der Waals surface area (Å²) in [6.45, 7) is 6.97. The number of rotatable bonds is 11. The highest BCUT2D eigenvalue weighted by Gasteiger charge is 2.26. The second kappa shape index (κ2) is 13.1. The van der Waals surface area contributed by atoms with E-state index < -0.39 is 10.0 Å². The number of hydrogen-bond acceptors (Lipinski definition) is 9. The van der Waals surface area contributed by atoms with Crippen LogP contribution in [0, 0.1) is 5.92 Å². The van der Waals surface area contributed by atoms with Gasteiger partial charge in [0.25, 0.3) is 5.91 Å². The Morgan fingerprint density at radius 2 is 1.97 bits per heavy atom. The lowest BCUT2D eigenvalue weighted by molar-refractivity contribution is 0.0730. The number of hydrogen-bond donors (Lipinski definition) is 4. The maximum atomic E-state index is 13.2. The predicted octanol–water partition coefficient (Wildman–Crippen LogP) is 2.37. The summed E-state index contributed by atoms with van der Waals surface area (Å²) in [5.41, 5.74) is 0.813. The maximum Gasteiger partial charge on any atom is 0.260 e. The fraction of sp³-hybridized carbons (Fsp3) is 0.560. The van der Waals surface area contributed by atoms with Crippen molar-refractivity contribution < 1.29 is 17.9 Å². The minimum absolute atomic E-state index is 0.182. The molecule has 0 aliphatic carbocycles. The molecule has 1 amide bonds. The van der Waals surface area contributed by atoms with Gasteiger partial charge in [-0.05, 0) is 62.5 Å². The molecule has 0 spiro atoms. The zero-order chi connectivity index (χ0) is 26.1. The van der Waals surface area contributed by atoms with Crippen molar-refractivity contribution in [2.24, 2.45) is 5.92 Å². The molecule has 2 saturated heterocycles. The van der Waals surface area contributed by atoms with Crippen molar-refractivity contribution in [1.82, 2.24) is 19.6 Å². The second-order valence-electron chi connectivity index (χ2n) is 9.32. The van der Waals surface area contributed by atoms with Crippen LogP contribution in [0.1, 0.15) is 43.0 Å². The van der Waals surface area contributed by atoms with E-state index in [1.165, 1.54) is 22.6 Å². The van der Waals surface area contributed by atoms with Gasteiger partial charge in [0.05, 0.1) is 18.1 Å². The Bertz CT molecular complexity index is 1130. The lowest BCUT2D eigenvalue weighted by Crippen LogP contribution is -2.40. The van der Waals surface area contributed by atoms with Gasteiger partial charge >= 0.3 is 0 Å². The molecule has 1 aromatic heterocycles. The van der Waals surface area contributed by atoms with Crippen LogP contribution in [0.5, 0.6) is 0 Å². The van der Waals surface area contributed by atoms with Crippen LogP contribution in [-0.2, 0) is 14.8 Å². The Balaban J connectivity index is 1.46. The number of benzene rings is 1. The van der Waals surface area contributed by atoms with Crippen molar-refractivity contribution in [3.05, 3.63) is 36.0 Å². The summed E-state index contributed by atoms with van der Waals surface area (Å²) in [6, 6.07) is 6.20. The highest BCUT2D eigenvalue weighted by Crippen LogP contribution is 2.22. The number of morpholine rings is 1.